The van der Waals surface area contributed by atoms with Crippen LogP contribution >= 0.6 is 0 Å². The van der Waals surface area contributed by atoms with Gasteiger partial charge in [0.2, 0.25) is 0 Å². The van der Waals surface area contributed by atoms with E-state index in [2.05, 4.69) is 10.3 Å². The first-order valence-corrected chi connectivity index (χ1v) is 7.15. The van der Waals surface area contributed by atoms with Crippen molar-refractivity contribution in [3.63, 3.8) is 0 Å². The van der Waals surface area contributed by atoms with E-state index in [1.165, 1.54) is 0 Å². The summed E-state index contributed by atoms with van der Waals surface area (Å²) in [4.78, 5) is 4.15. The number of aliphatic imine (C=N–C) groups is 1. The molecule has 0 aliphatic carbocycles. The molecule has 0 saturated heterocycles. The first-order valence-electron chi connectivity index (χ1n) is 7.15. The summed E-state index contributed by atoms with van der Waals surface area (Å²) in [5.74, 6) is 1.74. The number of benzene rings is 2. The standard InChI is InChI=1S/C17H21N3O3/c1-22-14-7-3-12(4-8-14)16(21)11-19-17(18)20-13-5-9-15(23-2)10-6-13/h3-10,16,21H,11H2,1-2H3,(H3,18,19,20). The van der Waals surface area contributed by atoms with Crippen molar-refractivity contribution >= 4 is 11.6 Å². The van der Waals surface area contributed by atoms with E-state index in [1.54, 1.807) is 38.5 Å². The van der Waals surface area contributed by atoms with Gasteiger partial charge in [-0.2, -0.15) is 0 Å². The van der Waals surface area contributed by atoms with E-state index in [0.717, 1.165) is 22.7 Å². The molecule has 1 unspecified atom stereocenters. The summed E-state index contributed by atoms with van der Waals surface area (Å²) in [7, 11) is 3.21. The van der Waals surface area contributed by atoms with E-state index in [9.17, 15) is 5.11 Å². The number of rotatable bonds is 6. The van der Waals surface area contributed by atoms with Crippen LogP contribution in [0.25, 0.3) is 0 Å². The van der Waals surface area contributed by atoms with Crippen LogP contribution in [0.1, 0.15) is 11.7 Å². The highest BCUT2D eigenvalue weighted by atomic mass is 16.5. The maximum Gasteiger partial charge on any atom is 0.193 e. The number of nitrogens with two attached hydrogens (primary N) is 1. The van der Waals surface area contributed by atoms with Gasteiger partial charge in [-0.25, -0.2) is 0 Å². The second-order valence-electron chi connectivity index (χ2n) is 4.87. The minimum absolute atomic E-state index is 0.168. The van der Waals surface area contributed by atoms with Crippen LogP contribution in [-0.2, 0) is 0 Å². The first-order chi connectivity index (χ1) is 11.1. The molecule has 0 aliphatic heterocycles. The van der Waals surface area contributed by atoms with Gasteiger partial charge in [0.15, 0.2) is 5.96 Å². The number of aliphatic hydroxyl groups is 1. The molecule has 0 spiro atoms. The summed E-state index contributed by atoms with van der Waals surface area (Å²) in [5, 5.41) is 13.1. The predicted octanol–water partition coefficient (Wildman–Crippen LogP) is 2.16. The Kier molecular flexibility index (Phi) is 5.82. The van der Waals surface area contributed by atoms with Crippen molar-refractivity contribution in [3.8, 4) is 11.5 Å². The Morgan fingerprint density at radius 1 is 1.04 bits per heavy atom. The zero-order valence-electron chi connectivity index (χ0n) is 13.2. The van der Waals surface area contributed by atoms with Crippen LogP contribution < -0.4 is 20.5 Å². The number of hydrogen-bond acceptors (Lipinski definition) is 4. The van der Waals surface area contributed by atoms with Gasteiger partial charge in [0.25, 0.3) is 0 Å². The predicted molar refractivity (Wildman–Crippen MR) is 91.1 cm³/mol. The van der Waals surface area contributed by atoms with Crippen LogP contribution in [0.3, 0.4) is 0 Å². The molecule has 6 nitrogen and oxygen atoms in total. The Morgan fingerprint density at radius 2 is 1.57 bits per heavy atom. The minimum Gasteiger partial charge on any atom is -0.497 e. The number of ether oxygens (including phenoxy) is 2. The van der Waals surface area contributed by atoms with Crippen LogP contribution in [0.5, 0.6) is 11.5 Å². The number of aliphatic hydroxyl groups excluding tert-OH is 1. The summed E-state index contributed by atoms with van der Waals surface area (Å²) in [6, 6.07) is 14.5. The third kappa shape index (κ3) is 4.89. The van der Waals surface area contributed by atoms with E-state index < -0.39 is 6.10 Å². The number of nitrogens with zero attached hydrogens (tertiary/aromatic N) is 1. The van der Waals surface area contributed by atoms with Crippen molar-refractivity contribution in [3.05, 3.63) is 54.1 Å². The fraction of sp³-hybridized carbons (Fsp3) is 0.235. The minimum atomic E-state index is -0.725. The molecule has 1 atom stereocenters. The van der Waals surface area contributed by atoms with Crippen molar-refractivity contribution in [2.45, 2.75) is 6.10 Å². The second-order valence-corrected chi connectivity index (χ2v) is 4.87. The van der Waals surface area contributed by atoms with E-state index >= 15 is 0 Å². The second kappa shape index (κ2) is 8.05. The summed E-state index contributed by atoms with van der Waals surface area (Å²) in [5.41, 5.74) is 7.38. The highest BCUT2D eigenvalue weighted by molar-refractivity contribution is 5.92. The normalized spacial score (nSPS) is 12.6. The molecule has 2 aromatic rings. The SMILES string of the molecule is COc1ccc(NC(N)=NCC(O)c2ccc(OC)cc2)cc1. The van der Waals surface area contributed by atoms with E-state index in [-0.39, 0.29) is 12.5 Å². The number of guanidine groups is 1. The van der Waals surface area contributed by atoms with E-state index in [0.29, 0.717) is 0 Å². The van der Waals surface area contributed by atoms with Gasteiger partial charge in [0.05, 0.1) is 26.9 Å². The van der Waals surface area contributed by atoms with E-state index in [4.69, 9.17) is 15.2 Å². The lowest BCUT2D eigenvalue weighted by molar-refractivity contribution is 0.187. The van der Waals surface area contributed by atoms with Crippen molar-refractivity contribution in [1.29, 1.82) is 0 Å². The van der Waals surface area contributed by atoms with Gasteiger partial charge in [0, 0.05) is 5.69 Å². The van der Waals surface area contributed by atoms with Crippen LogP contribution in [0.4, 0.5) is 5.69 Å². The Labute approximate surface area is 135 Å². The highest BCUT2D eigenvalue weighted by Gasteiger charge is 2.07. The lowest BCUT2D eigenvalue weighted by Gasteiger charge is -2.11. The largest absolute Gasteiger partial charge is 0.497 e. The molecule has 4 N–H and O–H groups in total. The molecule has 0 heterocycles. The van der Waals surface area contributed by atoms with Gasteiger partial charge in [0.1, 0.15) is 11.5 Å². The summed E-state index contributed by atoms with van der Waals surface area (Å²) in [6.45, 7) is 0.168. The number of anilines is 1. The molecule has 0 saturated carbocycles. The third-order valence-electron chi connectivity index (χ3n) is 3.30. The fourth-order valence-corrected chi connectivity index (χ4v) is 1.98. The number of nitrogens with one attached hydrogen (secondary N) is 1. The van der Waals surface area contributed by atoms with Gasteiger partial charge < -0.3 is 25.6 Å². The lowest BCUT2D eigenvalue weighted by Crippen LogP contribution is -2.23. The average Bonchev–Trinajstić information content (AvgIpc) is 2.60. The highest BCUT2D eigenvalue weighted by Crippen LogP contribution is 2.18. The third-order valence-corrected chi connectivity index (χ3v) is 3.30. The monoisotopic (exact) mass is 315 g/mol. The van der Waals surface area contributed by atoms with Crippen LogP contribution in [0.2, 0.25) is 0 Å². The average molecular weight is 315 g/mol. The smallest absolute Gasteiger partial charge is 0.193 e. The van der Waals surface area contributed by atoms with Crippen LogP contribution in [-0.4, -0.2) is 31.8 Å². The molecule has 0 fully saturated rings. The van der Waals surface area contributed by atoms with Gasteiger partial charge in [-0.05, 0) is 42.0 Å². The number of methoxy groups -OCH3 is 2. The maximum absolute atomic E-state index is 10.1. The molecule has 0 aromatic heterocycles. The zero-order valence-corrected chi connectivity index (χ0v) is 13.2. The Hall–Kier alpha value is -2.73. The quantitative estimate of drug-likeness (QED) is 0.561. The molecule has 2 aromatic carbocycles. The van der Waals surface area contributed by atoms with Crippen molar-refractivity contribution < 1.29 is 14.6 Å². The molecule has 0 aliphatic rings. The molecule has 23 heavy (non-hydrogen) atoms. The van der Waals surface area contributed by atoms with Crippen molar-refractivity contribution in [1.82, 2.24) is 0 Å². The molecule has 2 rings (SSSR count). The fourth-order valence-electron chi connectivity index (χ4n) is 1.98. The van der Waals surface area contributed by atoms with Gasteiger partial charge in [-0.3, -0.25) is 4.99 Å². The Morgan fingerprint density at radius 3 is 2.09 bits per heavy atom. The van der Waals surface area contributed by atoms with Crippen LogP contribution in [0.15, 0.2) is 53.5 Å². The van der Waals surface area contributed by atoms with Crippen molar-refractivity contribution in [2.24, 2.45) is 10.7 Å². The molecule has 0 radical (unpaired) electrons. The van der Waals surface area contributed by atoms with Crippen LogP contribution in [0, 0.1) is 0 Å². The summed E-state index contributed by atoms with van der Waals surface area (Å²) >= 11 is 0. The van der Waals surface area contributed by atoms with Gasteiger partial charge in [-0.15, -0.1) is 0 Å². The van der Waals surface area contributed by atoms with Crippen molar-refractivity contribution in [2.75, 3.05) is 26.1 Å². The molecule has 6 heteroatoms. The summed E-state index contributed by atoms with van der Waals surface area (Å²) < 4.78 is 10.2. The van der Waals surface area contributed by atoms with Gasteiger partial charge in [-0.1, -0.05) is 12.1 Å². The summed E-state index contributed by atoms with van der Waals surface area (Å²) in [6.07, 6.45) is -0.725. The topological polar surface area (TPSA) is 89.1 Å². The lowest BCUT2D eigenvalue weighted by atomic mass is 10.1. The molecular weight excluding hydrogens is 294 g/mol. The van der Waals surface area contributed by atoms with Gasteiger partial charge >= 0.3 is 0 Å². The maximum atomic E-state index is 10.1. The molecule has 0 amide bonds. The van der Waals surface area contributed by atoms with E-state index in [1.807, 2.05) is 24.3 Å². The Balaban J connectivity index is 1.91. The number of hydrogen-bond donors (Lipinski definition) is 3. The first kappa shape index (κ1) is 16.6. The molecular formula is C17H21N3O3. The zero-order chi connectivity index (χ0) is 16.7. The molecule has 0 bridgehead atoms. The molecule has 122 valence electrons. The Bertz CT molecular complexity index is 639.